The van der Waals surface area contributed by atoms with E-state index in [1.54, 1.807) is 6.08 Å². The Kier molecular flexibility index (Phi) is 11.8. The third kappa shape index (κ3) is 9.46. The lowest BCUT2D eigenvalue weighted by molar-refractivity contribution is -0.155. The molecule has 2 amide bonds. The number of nitrogens with one attached hydrogen (secondary N) is 2. The maximum Gasteiger partial charge on any atom is 0.309 e. The summed E-state index contributed by atoms with van der Waals surface area (Å²) in [5.74, 6) is -1.57. The average molecular weight is 513 g/mol. The third-order valence-electron chi connectivity index (χ3n) is 6.70. The van der Waals surface area contributed by atoms with Crippen molar-refractivity contribution in [1.82, 2.24) is 10.6 Å². The first-order chi connectivity index (χ1) is 16.9. The van der Waals surface area contributed by atoms with Gasteiger partial charge in [-0.25, -0.2) is 0 Å². The highest BCUT2D eigenvalue weighted by Crippen LogP contribution is 2.25. The molecule has 0 aromatic rings. The van der Waals surface area contributed by atoms with Gasteiger partial charge in [0.25, 0.3) is 5.91 Å². The zero-order valence-corrected chi connectivity index (χ0v) is 21.9. The molecule has 10 nitrogen and oxygen atoms in total. The molecule has 1 saturated heterocycles. The van der Waals surface area contributed by atoms with Crippen molar-refractivity contribution >= 4 is 17.8 Å². The van der Waals surface area contributed by atoms with Gasteiger partial charge >= 0.3 is 5.97 Å². The number of rotatable bonds is 9. The summed E-state index contributed by atoms with van der Waals surface area (Å²) in [5.41, 5.74) is -0.252. The number of hydrogen-bond acceptors (Lipinski definition) is 8. The monoisotopic (exact) mass is 512 g/mol. The maximum atomic E-state index is 12.8. The van der Waals surface area contributed by atoms with Crippen LogP contribution in [0.25, 0.3) is 0 Å². The van der Waals surface area contributed by atoms with Crippen LogP contribution in [0.5, 0.6) is 0 Å². The predicted octanol–water partition coefficient (Wildman–Crippen LogP) is 0.963. The van der Waals surface area contributed by atoms with Crippen LogP contribution in [0.3, 0.4) is 0 Å². The minimum Gasteiger partial charge on any atom is -0.460 e. The summed E-state index contributed by atoms with van der Waals surface area (Å²) < 4.78 is 10.8. The maximum absolute atomic E-state index is 12.8. The second-order valence-corrected chi connectivity index (χ2v) is 11.0. The Labute approximate surface area is 213 Å². The van der Waals surface area contributed by atoms with Gasteiger partial charge in [-0.2, -0.15) is 0 Å². The molecule has 1 aliphatic heterocycles. The molecule has 2 rings (SSSR count). The van der Waals surface area contributed by atoms with Crippen molar-refractivity contribution < 1.29 is 39.2 Å². The van der Waals surface area contributed by atoms with E-state index in [4.69, 9.17) is 9.47 Å². The molecule has 0 bridgehead atoms. The number of ether oxygens (including phenoxy) is 2. The van der Waals surface area contributed by atoms with Crippen LogP contribution in [0.15, 0.2) is 12.2 Å². The van der Waals surface area contributed by atoms with Crippen molar-refractivity contribution in [2.75, 3.05) is 13.7 Å². The lowest BCUT2D eigenvalue weighted by atomic mass is 9.94. The van der Waals surface area contributed by atoms with Crippen LogP contribution in [0.4, 0.5) is 0 Å². The minimum absolute atomic E-state index is 0.106. The van der Waals surface area contributed by atoms with E-state index in [9.17, 15) is 29.7 Å². The van der Waals surface area contributed by atoms with Crippen LogP contribution in [0.1, 0.15) is 72.1 Å². The Morgan fingerprint density at radius 2 is 1.67 bits per heavy atom. The molecular formula is C26H44N2O8. The molecule has 1 heterocycles. The van der Waals surface area contributed by atoms with E-state index in [-0.39, 0.29) is 30.3 Å². The molecule has 0 unspecified atom stereocenters. The SMILES string of the molecule is CO[C@@H](C(=O)N[C@H]1CC[C@@H](OC(=O)C2CCCCCC2)CNC1=O)[C@H](O)[C@@H](O)[C@H](O)/C=C/C(C)(C)C. The lowest BCUT2D eigenvalue weighted by Gasteiger charge is -2.28. The van der Waals surface area contributed by atoms with Gasteiger partial charge in [-0.05, 0) is 31.1 Å². The predicted molar refractivity (Wildman–Crippen MR) is 133 cm³/mol. The topological polar surface area (TPSA) is 154 Å². The summed E-state index contributed by atoms with van der Waals surface area (Å²) in [6.07, 6.45) is 2.73. The van der Waals surface area contributed by atoms with E-state index in [1.165, 1.54) is 13.2 Å². The van der Waals surface area contributed by atoms with Gasteiger partial charge in [-0.1, -0.05) is 58.6 Å². The molecule has 10 heteroatoms. The van der Waals surface area contributed by atoms with Crippen LogP contribution in [0.2, 0.25) is 0 Å². The first-order valence-corrected chi connectivity index (χ1v) is 13.0. The van der Waals surface area contributed by atoms with E-state index < -0.39 is 48.4 Å². The summed E-state index contributed by atoms with van der Waals surface area (Å²) in [5, 5.41) is 36.3. The van der Waals surface area contributed by atoms with Gasteiger partial charge in [-0.3, -0.25) is 14.4 Å². The molecule has 0 aromatic carbocycles. The standard InChI is InChI=1S/C26H44N2O8/c1-26(2,3)14-13-19(29)20(30)21(31)22(35-4)24(33)28-18-12-11-17(15-27-23(18)32)36-25(34)16-9-7-5-6-8-10-16/h13-14,16-22,29-31H,5-12,15H2,1-4H3,(H,27,32)(H,28,33)/b14-13+/t17-,18+,19-,20+,21-,22-/m1/s1. The summed E-state index contributed by atoms with van der Waals surface area (Å²) in [6.45, 7) is 5.88. The Bertz CT molecular complexity index is 758. The highest BCUT2D eigenvalue weighted by Gasteiger charge is 2.38. The first-order valence-electron chi connectivity index (χ1n) is 13.0. The Hall–Kier alpha value is -2.01. The molecule has 206 valence electrons. The van der Waals surface area contributed by atoms with Crippen molar-refractivity contribution in [2.24, 2.45) is 11.3 Å². The van der Waals surface area contributed by atoms with E-state index in [0.29, 0.717) is 6.42 Å². The second kappa shape index (κ2) is 14.1. The highest BCUT2D eigenvalue weighted by molar-refractivity contribution is 5.89. The fraction of sp³-hybridized carbons (Fsp3) is 0.808. The number of amides is 2. The number of carbonyl (C=O) groups excluding carboxylic acids is 3. The number of allylic oxidation sites excluding steroid dienone is 1. The second-order valence-electron chi connectivity index (χ2n) is 11.0. The van der Waals surface area contributed by atoms with E-state index in [1.807, 2.05) is 20.8 Å². The van der Waals surface area contributed by atoms with Gasteiger partial charge in [0.15, 0.2) is 6.10 Å². The van der Waals surface area contributed by atoms with Crippen LogP contribution >= 0.6 is 0 Å². The zero-order valence-electron chi connectivity index (χ0n) is 21.9. The lowest BCUT2D eigenvalue weighted by Crippen LogP contribution is -2.55. The molecule has 6 atom stereocenters. The van der Waals surface area contributed by atoms with Gasteiger partial charge in [-0.15, -0.1) is 0 Å². The summed E-state index contributed by atoms with van der Waals surface area (Å²) in [6, 6.07) is -0.924. The third-order valence-corrected chi connectivity index (χ3v) is 6.70. The summed E-state index contributed by atoms with van der Waals surface area (Å²) >= 11 is 0. The van der Waals surface area contributed by atoms with E-state index in [2.05, 4.69) is 10.6 Å². The number of hydrogen-bond donors (Lipinski definition) is 5. The van der Waals surface area contributed by atoms with Crippen molar-refractivity contribution in [2.45, 2.75) is 109 Å². The zero-order chi connectivity index (χ0) is 26.9. The quantitative estimate of drug-likeness (QED) is 0.174. The molecule has 2 fully saturated rings. The van der Waals surface area contributed by atoms with Gasteiger partial charge < -0.3 is 35.4 Å². The largest absolute Gasteiger partial charge is 0.460 e. The van der Waals surface area contributed by atoms with Crippen LogP contribution < -0.4 is 10.6 Å². The summed E-state index contributed by atoms with van der Waals surface area (Å²) in [7, 11) is 1.19. The van der Waals surface area contributed by atoms with E-state index in [0.717, 1.165) is 38.5 Å². The number of esters is 1. The molecule has 0 radical (unpaired) electrons. The van der Waals surface area contributed by atoms with Crippen LogP contribution in [-0.4, -0.2) is 83.3 Å². The van der Waals surface area contributed by atoms with Gasteiger partial charge in [0.2, 0.25) is 5.91 Å². The summed E-state index contributed by atoms with van der Waals surface area (Å²) in [4.78, 5) is 38.0. The molecular weight excluding hydrogens is 468 g/mol. The normalized spacial score (nSPS) is 25.7. The fourth-order valence-electron chi connectivity index (χ4n) is 4.47. The van der Waals surface area contributed by atoms with Gasteiger partial charge in [0.1, 0.15) is 30.5 Å². The number of aliphatic hydroxyl groups is 3. The van der Waals surface area contributed by atoms with Crippen molar-refractivity contribution in [1.29, 1.82) is 0 Å². The Morgan fingerprint density at radius 3 is 2.25 bits per heavy atom. The smallest absolute Gasteiger partial charge is 0.309 e. The number of aliphatic hydroxyl groups excluding tert-OH is 3. The molecule has 1 saturated carbocycles. The van der Waals surface area contributed by atoms with Crippen molar-refractivity contribution in [3.05, 3.63) is 12.2 Å². The number of carbonyl (C=O) groups is 3. The van der Waals surface area contributed by atoms with Crippen LogP contribution in [-0.2, 0) is 23.9 Å². The van der Waals surface area contributed by atoms with Crippen LogP contribution in [0, 0.1) is 11.3 Å². The Morgan fingerprint density at radius 1 is 1.03 bits per heavy atom. The first kappa shape index (κ1) is 30.2. The van der Waals surface area contributed by atoms with Crippen molar-refractivity contribution in [3.63, 3.8) is 0 Å². The average Bonchev–Trinajstić information content (AvgIpc) is 3.19. The molecule has 5 N–H and O–H groups in total. The fourth-order valence-corrected chi connectivity index (χ4v) is 4.47. The van der Waals surface area contributed by atoms with Gasteiger partial charge in [0, 0.05) is 7.11 Å². The highest BCUT2D eigenvalue weighted by atomic mass is 16.5. The molecule has 36 heavy (non-hydrogen) atoms. The molecule has 1 aliphatic carbocycles. The number of methoxy groups -OCH3 is 1. The minimum atomic E-state index is -1.74. The Balaban J connectivity index is 1.92. The molecule has 2 aliphatic rings. The van der Waals surface area contributed by atoms with Gasteiger partial charge in [0.05, 0.1) is 12.5 Å². The van der Waals surface area contributed by atoms with Crippen molar-refractivity contribution in [3.8, 4) is 0 Å². The molecule has 0 aromatic heterocycles. The van der Waals surface area contributed by atoms with E-state index >= 15 is 0 Å². The molecule has 0 spiro atoms.